The van der Waals surface area contributed by atoms with Crippen molar-refractivity contribution < 1.29 is 17.7 Å². The van der Waals surface area contributed by atoms with E-state index in [4.69, 9.17) is 17.7 Å². The third-order valence-electron chi connectivity index (χ3n) is 1.76. The van der Waals surface area contributed by atoms with E-state index in [1.165, 1.54) is 0 Å². The van der Waals surface area contributed by atoms with E-state index in [9.17, 15) is 0 Å². The van der Waals surface area contributed by atoms with Gasteiger partial charge in [0.15, 0.2) is 9.76 Å². The third kappa shape index (κ3) is 3.79. The average Bonchev–Trinajstić information content (AvgIpc) is 2.14. The van der Waals surface area contributed by atoms with Crippen LogP contribution in [0.3, 0.4) is 0 Å². The largest absolute Gasteiger partial charge is 0.499 e. The minimum Gasteiger partial charge on any atom is -0.427 e. The average molecular weight is 210 g/mol. The second-order valence-corrected chi connectivity index (χ2v) is 7.18. The first-order valence-electron chi connectivity index (χ1n) is 3.89. The summed E-state index contributed by atoms with van der Waals surface area (Å²) in [5.41, 5.74) is 0. The van der Waals surface area contributed by atoms with E-state index >= 15 is 0 Å². The van der Waals surface area contributed by atoms with Crippen molar-refractivity contribution in [3.8, 4) is 0 Å². The Morgan fingerprint density at radius 1 is 1.00 bits per heavy atom. The van der Waals surface area contributed by atoms with Crippen molar-refractivity contribution in [1.82, 2.24) is 0 Å². The van der Waals surface area contributed by atoms with Gasteiger partial charge in [0, 0.05) is 34.5 Å². The molecule has 0 aromatic heterocycles. The van der Waals surface area contributed by atoms with Gasteiger partial charge in [-0.1, -0.05) is 0 Å². The molecule has 0 fully saturated rings. The van der Waals surface area contributed by atoms with Crippen LogP contribution in [0.2, 0.25) is 12.1 Å². The highest BCUT2D eigenvalue weighted by Gasteiger charge is 2.36. The first-order valence-corrected chi connectivity index (χ1v) is 7.40. The van der Waals surface area contributed by atoms with E-state index in [1.54, 1.807) is 28.4 Å². The molecule has 0 aromatic carbocycles. The van der Waals surface area contributed by atoms with Gasteiger partial charge in [-0.25, -0.2) is 0 Å². The van der Waals surface area contributed by atoms with Gasteiger partial charge >= 0.3 is 8.80 Å². The highest BCUT2D eigenvalue weighted by molar-refractivity contribution is 6.61. The van der Waals surface area contributed by atoms with Crippen LogP contribution in [0.15, 0.2) is 0 Å². The predicted molar refractivity (Wildman–Crippen MR) is 51.9 cm³/mol. The Hall–Kier alpha value is 0.274. The lowest BCUT2D eigenvalue weighted by Crippen LogP contribution is -2.42. The van der Waals surface area contributed by atoms with Crippen LogP contribution >= 0.6 is 0 Å². The summed E-state index contributed by atoms with van der Waals surface area (Å²) in [6, 6.07) is 1.90. The maximum absolute atomic E-state index is 5.24. The van der Waals surface area contributed by atoms with E-state index in [-0.39, 0.29) is 0 Å². The summed E-state index contributed by atoms with van der Waals surface area (Å²) in [6.07, 6.45) is 0. The van der Waals surface area contributed by atoms with E-state index in [0.29, 0.717) is 0 Å². The Morgan fingerprint density at radius 2 is 1.50 bits per heavy atom. The number of rotatable bonds is 7. The zero-order valence-electron chi connectivity index (χ0n) is 8.25. The molecule has 0 unspecified atom stereocenters. The van der Waals surface area contributed by atoms with Gasteiger partial charge < -0.3 is 17.7 Å². The molecule has 0 aliphatic rings. The molecule has 0 atom stereocenters. The standard InChI is InChI=1S/C6H18O4Si2/c1-7-11-5-6-12(8-2,9-3)10-4/h5-6,11H2,1-4H3. The van der Waals surface area contributed by atoms with Gasteiger partial charge in [0.1, 0.15) is 0 Å². The summed E-state index contributed by atoms with van der Waals surface area (Å²) in [7, 11) is 3.94. The van der Waals surface area contributed by atoms with Gasteiger partial charge in [-0.05, 0) is 6.04 Å². The maximum Gasteiger partial charge on any atom is 0.499 e. The SMILES string of the molecule is CO[SiH2]CC[Si](OC)(OC)OC. The molecule has 74 valence electrons. The molecule has 0 N–H and O–H groups in total. The summed E-state index contributed by atoms with van der Waals surface area (Å²) in [6.45, 7) is 0. The van der Waals surface area contributed by atoms with Crippen LogP contribution in [0.5, 0.6) is 0 Å². The van der Waals surface area contributed by atoms with Gasteiger partial charge in [-0.2, -0.15) is 0 Å². The summed E-state index contributed by atoms with van der Waals surface area (Å²) < 4.78 is 20.8. The minimum absolute atomic E-state index is 0.391. The van der Waals surface area contributed by atoms with Crippen LogP contribution in [-0.4, -0.2) is 47.0 Å². The predicted octanol–water partition coefficient (Wildman–Crippen LogP) is 0.0130. The van der Waals surface area contributed by atoms with E-state index in [1.807, 2.05) is 0 Å². The first-order chi connectivity index (χ1) is 5.74. The molecule has 0 rings (SSSR count). The number of hydrogen-bond donors (Lipinski definition) is 0. The van der Waals surface area contributed by atoms with Crippen molar-refractivity contribution in [3.63, 3.8) is 0 Å². The van der Waals surface area contributed by atoms with Crippen LogP contribution in [0.25, 0.3) is 0 Å². The summed E-state index contributed by atoms with van der Waals surface area (Å²) in [5.74, 6) is 0. The molecule has 12 heavy (non-hydrogen) atoms. The third-order valence-corrected chi connectivity index (χ3v) is 6.35. The van der Waals surface area contributed by atoms with Crippen LogP contribution in [0.4, 0.5) is 0 Å². The first kappa shape index (κ1) is 12.3. The fraction of sp³-hybridized carbons (Fsp3) is 1.00. The molecule has 0 saturated heterocycles. The molecule has 0 amide bonds. The second kappa shape index (κ2) is 6.75. The quantitative estimate of drug-likeness (QED) is 0.438. The molecule has 0 aliphatic heterocycles. The van der Waals surface area contributed by atoms with Gasteiger partial charge in [-0.3, -0.25) is 0 Å². The van der Waals surface area contributed by atoms with Crippen LogP contribution in [-0.2, 0) is 17.7 Å². The Bertz CT molecular complexity index is 99.5. The fourth-order valence-electron chi connectivity index (χ4n) is 0.989. The van der Waals surface area contributed by atoms with Crippen molar-refractivity contribution in [2.75, 3.05) is 28.4 Å². The molecule has 0 aliphatic carbocycles. The lowest BCUT2D eigenvalue weighted by molar-refractivity contribution is 0.125. The normalized spacial score (nSPS) is 13.0. The molecule has 6 heteroatoms. The zero-order valence-corrected chi connectivity index (χ0v) is 10.7. The lowest BCUT2D eigenvalue weighted by Gasteiger charge is -2.23. The van der Waals surface area contributed by atoms with Crippen LogP contribution < -0.4 is 0 Å². The Labute approximate surface area is 77.5 Å². The highest BCUT2D eigenvalue weighted by atomic mass is 28.4. The molecule has 0 heterocycles. The summed E-state index contributed by atoms with van der Waals surface area (Å²) >= 11 is 0. The second-order valence-electron chi connectivity index (χ2n) is 2.39. The molecular weight excluding hydrogens is 192 g/mol. The maximum atomic E-state index is 5.24. The summed E-state index contributed by atoms with van der Waals surface area (Å²) in [4.78, 5) is 0. The van der Waals surface area contributed by atoms with E-state index in [2.05, 4.69) is 0 Å². The van der Waals surface area contributed by atoms with Crippen molar-refractivity contribution in [2.24, 2.45) is 0 Å². The van der Waals surface area contributed by atoms with Crippen molar-refractivity contribution >= 4 is 18.6 Å². The number of hydrogen-bond acceptors (Lipinski definition) is 4. The van der Waals surface area contributed by atoms with E-state index in [0.717, 1.165) is 12.1 Å². The van der Waals surface area contributed by atoms with Crippen molar-refractivity contribution in [3.05, 3.63) is 0 Å². The van der Waals surface area contributed by atoms with E-state index < -0.39 is 18.6 Å². The van der Waals surface area contributed by atoms with Crippen LogP contribution in [0.1, 0.15) is 0 Å². The van der Waals surface area contributed by atoms with Gasteiger partial charge in [-0.15, -0.1) is 0 Å². The topological polar surface area (TPSA) is 36.9 Å². The minimum atomic E-state index is -2.30. The Balaban J connectivity index is 3.76. The van der Waals surface area contributed by atoms with Gasteiger partial charge in [0.25, 0.3) is 0 Å². The van der Waals surface area contributed by atoms with Gasteiger partial charge in [0.05, 0.1) is 0 Å². The molecule has 0 saturated carbocycles. The Morgan fingerprint density at radius 3 is 1.83 bits per heavy atom. The zero-order chi connectivity index (χ0) is 9.45. The molecule has 0 spiro atoms. The molecule has 4 nitrogen and oxygen atoms in total. The molecule has 0 bridgehead atoms. The Kier molecular flexibility index (Phi) is 6.91. The molecular formula is C6H18O4Si2. The van der Waals surface area contributed by atoms with Crippen molar-refractivity contribution in [1.29, 1.82) is 0 Å². The lowest BCUT2D eigenvalue weighted by atomic mass is 11.0. The summed E-state index contributed by atoms with van der Waals surface area (Å²) in [5, 5.41) is 0. The van der Waals surface area contributed by atoms with Gasteiger partial charge in [0.2, 0.25) is 0 Å². The monoisotopic (exact) mass is 210 g/mol. The highest BCUT2D eigenvalue weighted by Crippen LogP contribution is 2.14. The van der Waals surface area contributed by atoms with Crippen molar-refractivity contribution in [2.45, 2.75) is 12.1 Å². The smallest absolute Gasteiger partial charge is 0.427 e. The van der Waals surface area contributed by atoms with Crippen LogP contribution in [0, 0.1) is 0 Å². The molecule has 0 aromatic rings. The fourth-order valence-corrected chi connectivity index (χ4v) is 4.70. The molecule has 0 radical (unpaired) electrons.